The van der Waals surface area contributed by atoms with E-state index in [4.69, 9.17) is 19.0 Å². The molecule has 2 saturated heterocycles. The highest BCUT2D eigenvalue weighted by atomic mass is 16.8. The highest BCUT2D eigenvalue weighted by Crippen LogP contribution is 2.34. The Labute approximate surface area is 155 Å². The summed E-state index contributed by atoms with van der Waals surface area (Å²) in [5, 5.41) is 1.85. The van der Waals surface area contributed by atoms with Crippen molar-refractivity contribution in [1.82, 2.24) is 5.06 Å². The topological polar surface area (TPSA) is 57.2 Å². The molecule has 0 N–H and O–H groups in total. The lowest BCUT2D eigenvalue weighted by atomic mass is 10.0. The van der Waals surface area contributed by atoms with Gasteiger partial charge in [-0.2, -0.15) is 5.06 Å². The molecule has 0 spiro atoms. The van der Waals surface area contributed by atoms with E-state index in [0.29, 0.717) is 19.6 Å². The number of hydrogen-bond acceptors (Lipinski definition) is 6. The van der Waals surface area contributed by atoms with Crippen molar-refractivity contribution < 1.29 is 23.8 Å². The molecule has 0 bridgehead atoms. The number of carbonyl (C=O) groups is 1. The number of ether oxygens (including phenoxy) is 3. The normalized spacial score (nSPS) is 29.0. The smallest absolute Gasteiger partial charge is 0.337 e. The Morgan fingerprint density at radius 3 is 2.54 bits per heavy atom. The monoisotopic (exact) mass is 363 g/mol. The van der Waals surface area contributed by atoms with Gasteiger partial charge in [-0.05, 0) is 40.2 Å². The first-order chi connectivity index (χ1) is 12.1. The summed E-state index contributed by atoms with van der Waals surface area (Å²) in [7, 11) is 0. The minimum Gasteiger partial charge on any atom is -0.458 e. The summed E-state index contributed by atoms with van der Waals surface area (Å²) >= 11 is 0. The van der Waals surface area contributed by atoms with Gasteiger partial charge in [0.2, 0.25) is 0 Å². The van der Waals surface area contributed by atoms with Crippen molar-refractivity contribution in [1.29, 1.82) is 0 Å². The summed E-state index contributed by atoms with van der Waals surface area (Å²) in [5.41, 5.74) is 0.568. The standard InChI is InChI=1S/C20H29NO5/c1-19(2,3)25-18(22)16-11-15(17-13-23-20(4,5)24-17)21(26-16)12-14-9-7-6-8-10-14/h6-10,15-17H,11-13H2,1-5H3/t15-,16+,17-/m1/s1. The number of esters is 1. The molecular weight excluding hydrogens is 334 g/mol. The van der Waals surface area contributed by atoms with Crippen molar-refractivity contribution in [3.05, 3.63) is 35.9 Å². The van der Waals surface area contributed by atoms with Crippen LogP contribution in [0.1, 0.15) is 46.6 Å². The van der Waals surface area contributed by atoms with Crippen molar-refractivity contribution in [2.24, 2.45) is 0 Å². The van der Waals surface area contributed by atoms with E-state index in [2.05, 4.69) is 0 Å². The zero-order chi connectivity index (χ0) is 18.9. The van der Waals surface area contributed by atoms with Gasteiger partial charge < -0.3 is 14.2 Å². The van der Waals surface area contributed by atoms with Crippen molar-refractivity contribution in [3.63, 3.8) is 0 Å². The summed E-state index contributed by atoms with van der Waals surface area (Å²) in [6.45, 7) is 10.4. The Balaban J connectivity index is 1.74. The lowest BCUT2D eigenvalue weighted by Crippen LogP contribution is -2.40. The number of carbonyl (C=O) groups excluding carboxylic acids is 1. The fraction of sp³-hybridized carbons (Fsp3) is 0.650. The summed E-state index contributed by atoms with van der Waals surface area (Å²) in [4.78, 5) is 18.5. The van der Waals surface area contributed by atoms with Gasteiger partial charge in [-0.25, -0.2) is 4.79 Å². The summed E-state index contributed by atoms with van der Waals surface area (Å²) < 4.78 is 17.3. The second-order valence-corrected chi connectivity index (χ2v) is 8.36. The molecule has 2 fully saturated rings. The Morgan fingerprint density at radius 2 is 1.96 bits per heavy atom. The fourth-order valence-electron chi connectivity index (χ4n) is 3.29. The number of benzene rings is 1. The second-order valence-electron chi connectivity index (χ2n) is 8.36. The number of rotatable bonds is 4. The third-order valence-electron chi connectivity index (χ3n) is 4.40. The largest absolute Gasteiger partial charge is 0.458 e. The molecular formula is C20H29NO5. The number of nitrogens with zero attached hydrogens (tertiary/aromatic N) is 1. The quantitative estimate of drug-likeness (QED) is 0.767. The first kappa shape index (κ1) is 19.3. The molecule has 1 aromatic rings. The Bertz CT molecular complexity index is 625. The molecule has 6 heteroatoms. The van der Waals surface area contributed by atoms with Gasteiger partial charge in [0, 0.05) is 13.0 Å². The fourth-order valence-corrected chi connectivity index (χ4v) is 3.29. The average molecular weight is 363 g/mol. The molecule has 144 valence electrons. The van der Waals surface area contributed by atoms with Crippen LogP contribution in [0.15, 0.2) is 30.3 Å². The van der Waals surface area contributed by atoms with Crippen LogP contribution in [0.4, 0.5) is 0 Å². The zero-order valence-corrected chi connectivity index (χ0v) is 16.2. The van der Waals surface area contributed by atoms with Crippen LogP contribution >= 0.6 is 0 Å². The maximum Gasteiger partial charge on any atom is 0.337 e. The molecule has 2 aliphatic rings. The van der Waals surface area contributed by atoms with E-state index in [-0.39, 0.29) is 18.1 Å². The van der Waals surface area contributed by atoms with Gasteiger partial charge in [-0.3, -0.25) is 4.84 Å². The predicted octanol–water partition coefficient (Wildman–Crippen LogP) is 3.05. The van der Waals surface area contributed by atoms with Crippen LogP contribution in [0, 0.1) is 0 Å². The highest BCUT2D eigenvalue weighted by Gasteiger charge is 2.47. The van der Waals surface area contributed by atoms with E-state index < -0.39 is 17.5 Å². The highest BCUT2D eigenvalue weighted by molar-refractivity contribution is 5.75. The zero-order valence-electron chi connectivity index (χ0n) is 16.2. The molecule has 2 aliphatic heterocycles. The van der Waals surface area contributed by atoms with Crippen LogP contribution < -0.4 is 0 Å². The van der Waals surface area contributed by atoms with Crippen molar-refractivity contribution >= 4 is 5.97 Å². The van der Waals surface area contributed by atoms with Gasteiger partial charge in [-0.15, -0.1) is 0 Å². The summed E-state index contributed by atoms with van der Waals surface area (Å²) in [5.74, 6) is -0.955. The minimum absolute atomic E-state index is 0.0745. The second kappa shape index (κ2) is 7.27. The lowest BCUT2D eigenvalue weighted by molar-refractivity contribution is -0.210. The SMILES string of the molecule is CC(C)(C)OC(=O)[C@@H]1C[C@H]([C@H]2COC(C)(C)O2)N(Cc2ccccc2)O1. The van der Waals surface area contributed by atoms with Gasteiger partial charge in [0.1, 0.15) is 11.7 Å². The van der Waals surface area contributed by atoms with Crippen LogP contribution in [0.2, 0.25) is 0 Å². The van der Waals surface area contributed by atoms with E-state index >= 15 is 0 Å². The third-order valence-corrected chi connectivity index (χ3v) is 4.40. The van der Waals surface area contributed by atoms with Crippen molar-refractivity contribution in [2.45, 2.75) is 77.2 Å². The Morgan fingerprint density at radius 1 is 1.27 bits per heavy atom. The van der Waals surface area contributed by atoms with E-state index in [1.807, 2.05) is 70.0 Å². The Kier molecular flexibility index (Phi) is 5.40. The molecule has 1 aromatic carbocycles. The first-order valence-corrected chi connectivity index (χ1v) is 9.15. The molecule has 3 atom stereocenters. The lowest BCUT2D eigenvalue weighted by Gasteiger charge is -2.27. The Hall–Kier alpha value is -1.47. The minimum atomic E-state index is -0.629. The molecule has 0 amide bonds. The van der Waals surface area contributed by atoms with Gasteiger partial charge in [0.05, 0.1) is 12.6 Å². The van der Waals surface area contributed by atoms with Crippen molar-refractivity contribution in [2.75, 3.05) is 6.61 Å². The maximum atomic E-state index is 12.5. The van der Waals surface area contributed by atoms with E-state index in [9.17, 15) is 4.79 Å². The molecule has 6 nitrogen and oxygen atoms in total. The van der Waals surface area contributed by atoms with Crippen LogP contribution in [0.5, 0.6) is 0 Å². The van der Waals surface area contributed by atoms with Crippen molar-refractivity contribution in [3.8, 4) is 0 Å². The molecule has 26 heavy (non-hydrogen) atoms. The summed E-state index contributed by atoms with van der Waals surface area (Å²) in [6.07, 6.45) is -0.261. The first-order valence-electron chi connectivity index (χ1n) is 9.15. The van der Waals surface area contributed by atoms with Gasteiger partial charge in [0.15, 0.2) is 11.9 Å². The average Bonchev–Trinajstić information content (AvgIpc) is 3.10. The third kappa shape index (κ3) is 4.82. The molecule has 0 unspecified atom stereocenters. The molecule has 0 saturated carbocycles. The van der Waals surface area contributed by atoms with Crippen LogP contribution in [-0.4, -0.2) is 47.3 Å². The molecule has 0 radical (unpaired) electrons. The maximum absolute atomic E-state index is 12.5. The molecule has 2 heterocycles. The van der Waals surface area contributed by atoms with Crippen LogP contribution in [0.3, 0.4) is 0 Å². The number of hydroxylamine groups is 2. The molecule has 0 aliphatic carbocycles. The van der Waals surface area contributed by atoms with Crippen LogP contribution in [0.25, 0.3) is 0 Å². The molecule has 3 rings (SSSR count). The molecule has 0 aromatic heterocycles. The van der Waals surface area contributed by atoms with Gasteiger partial charge in [-0.1, -0.05) is 30.3 Å². The van der Waals surface area contributed by atoms with Gasteiger partial charge >= 0.3 is 5.97 Å². The van der Waals surface area contributed by atoms with Gasteiger partial charge in [0.25, 0.3) is 0 Å². The van der Waals surface area contributed by atoms with E-state index in [1.165, 1.54) is 0 Å². The predicted molar refractivity (Wildman–Crippen MR) is 96.0 cm³/mol. The van der Waals surface area contributed by atoms with E-state index in [0.717, 1.165) is 5.56 Å². The number of hydrogen-bond donors (Lipinski definition) is 0. The van der Waals surface area contributed by atoms with E-state index in [1.54, 1.807) is 0 Å². The van der Waals surface area contributed by atoms with Crippen LogP contribution in [-0.2, 0) is 30.4 Å². The summed E-state index contributed by atoms with van der Waals surface area (Å²) in [6, 6.07) is 9.96.